The first-order valence-electron chi connectivity index (χ1n) is 5.49. The average molecular weight is 254 g/mol. The molecule has 0 bridgehead atoms. The van der Waals surface area contributed by atoms with Gasteiger partial charge in [-0.3, -0.25) is 0 Å². The minimum Gasteiger partial charge on any atom is -0.464 e. The molecule has 4 nitrogen and oxygen atoms in total. The summed E-state index contributed by atoms with van der Waals surface area (Å²) in [5.41, 5.74) is 6.79. The van der Waals surface area contributed by atoms with E-state index >= 15 is 0 Å². The molecule has 0 aromatic carbocycles. The van der Waals surface area contributed by atoms with E-state index in [1.807, 2.05) is 12.1 Å². The van der Waals surface area contributed by atoms with Gasteiger partial charge >= 0.3 is 5.97 Å². The first-order chi connectivity index (χ1) is 8.17. The van der Waals surface area contributed by atoms with Crippen LogP contribution in [0.4, 0.5) is 0 Å². The van der Waals surface area contributed by atoms with Crippen molar-refractivity contribution in [3.8, 4) is 0 Å². The van der Waals surface area contributed by atoms with Crippen molar-refractivity contribution in [3.63, 3.8) is 0 Å². The molecule has 0 aliphatic carbocycles. The molecule has 0 amide bonds. The number of nitrogens with zero attached hydrogens (tertiary/aromatic N) is 1. The number of aromatic nitrogens is 1. The molecule has 2 N–H and O–H groups in total. The van der Waals surface area contributed by atoms with Crippen LogP contribution in [0.3, 0.4) is 0 Å². The van der Waals surface area contributed by atoms with Crippen LogP contribution in [0.15, 0.2) is 18.2 Å². The van der Waals surface area contributed by atoms with E-state index in [-0.39, 0.29) is 0 Å². The van der Waals surface area contributed by atoms with E-state index in [0.717, 1.165) is 17.2 Å². The number of esters is 1. The van der Waals surface area contributed by atoms with Crippen molar-refractivity contribution in [3.05, 3.63) is 29.6 Å². The third kappa shape index (κ3) is 4.75. The summed E-state index contributed by atoms with van der Waals surface area (Å²) in [6.07, 6.45) is 0. The van der Waals surface area contributed by atoms with Crippen LogP contribution < -0.4 is 5.73 Å². The second-order valence-corrected chi connectivity index (χ2v) is 4.89. The van der Waals surface area contributed by atoms with Crippen molar-refractivity contribution in [2.24, 2.45) is 11.7 Å². The number of pyridine rings is 1. The summed E-state index contributed by atoms with van der Waals surface area (Å²) in [6.45, 7) is 2.81. The highest BCUT2D eigenvalue weighted by atomic mass is 32.2. The fourth-order valence-electron chi connectivity index (χ4n) is 1.21. The minimum absolute atomic E-state index is 0.359. The maximum Gasteiger partial charge on any atom is 0.356 e. The number of carbonyl (C=O) groups is 1. The summed E-state index contributed by atoms with van der Waals surface area (Å²) in [5.74, 6) is 1.89. The fraction of sp³-hybridized carbons (Fsp3) is 0.500. The van der Waals surface area contributed by atoms with Gasteiger partial charge in [0.2, 0.25) is 0 Å². The number of carbonyl (C=O) groups excluding carboxylic acids is 1. The lowest BCUT2D eigenvalue weighted by molar-refractivity contribution is 0.0594. The summed E-state index contributed by atoms with van der Waals surface area (Å²) in [5, 5.41) is 0. The zero-order valence-corrected chi connectivity index (χ0v) is 11.0. The van der Waals surface area contributed by atoms with Crippen molar-refractivity contribution < 1.29 is 9.53 Å². The summed E-state index contributed by atoms with van der Waals surface area (Å²) in [6, 6.07) is 5.39. The van der Waals surface area contributed by atoms with E-state index in [1.165, 1.54) is 7.11 Å². The van der Waals surface area contributed by atoms with E-state index < -0.39 is 5.97 Å². The monoisotopic (exact) mass is 254 g/mol. The molecule has 94 valence electrons. The third-order valence-electron chi connectivity index (χ3n) is 2.26. The average Bonchev–Trinajstić information content (AvgIpc) is 2.38. The second kappa shape index (κ2) is 7.29. The quantitative estimate of drug-likeness (QED) is 0.783. The summed E-state index contributed by atoms with van der Waals surface area (Å²) in [7, 11) is 1.36. The van der Waals surface area contributed by atoms with E-state index in [2.05, 4.69) is 16.6 Å². The normalized spacial score (nSPS) is 12.2. The van der Waals surface area contributed by atoms with Crippen molar-refractivity contribution >= 4 is 17.7 Å². The van der Waals surface area contributed by atoms with Gasteiger partial charge in [-0.25, -0.2) is 9.78 Å². The number of nitrogens with two attached hydrogens (primary N) is 1. The van der Waals surface area contributed by atoms with Crippen LogP contribution in [0, 0.1) is 5.92 Å². The van der Waals surface area contributed by atoms with Crippen LogP contribution in [-0.4, -0.2) is 30.4 Å². The molecular formula is C12H18N2O2S. The molecule has 1 unspecified atom stereocenters. The van der Waals surface area contributed by atoms with Gasteiger partial charge in [0.1, 0.15) is 5.69 Å². The van der Waals surface area contributed by atoms with Gasteiger partial charge in [-0.05, 0) is 30.3 Å². The van der Waals surface area contributed by atoms with E-state index in [9.17, 15) is 4.79 Å². The predicted octanol–water partition coefficient (Wildman–Crippen LogP) is 1.70. The molecule has 1 aromatic rings. The van der Waals surface area contributed by atoms with Crippen LogP contribution in [0.1, 0.15) is 23.1 Å². The fourth-order valence-corrected chi connectivity index (χ4v) is 2.24. The van der Waals surface area contributed by atoms with Gasteiger partial charge in [-0.1, -0.05) is 13.0 Å². The lowest BCUT2D eigenvalue weighted by atomic mass is 10.2. The smallest absolute Gasteiger partial charge is 0.356 e. The van der Waals surface area contributed by atoms with Gasteiger partial charge in [0.05, 0.1) is 12.8 Å². The molecule has 17 heavy (non-hydrogen) atoms. The first kappa shape index (κ1) is 14.0. The predicted molar refractivity (Wildman–Crippen MR) is 70.0 cm³/mol. The topological polar surface area (TPSA) is 65.2 Å². The maximum atomic E-state index is 11.3. The van der Waals surface area contributed by atoms with Gasteiger partial charge in [0.15, 0.2) is 0 Å². The van der Waals surface area contributed by atoms with Gasteiger partial charge in [-0.2, -0.15) is 11.8 Å². The summed E-state index contributed by atoms with van der Waals surface area (Å²) < 4.78 is 4.63. The number of hydrogen-bond donors (Lipinski definition) is 1. The highest BCUT2D eigenvalue weighted by molar-refractivity contribution is 7.98. The Labute approximate surface area is 106 Å². The van der Waals surface area contributed by atoms with Crippen molar-refractivity contribution in [2.75, 3.05) is 19.4 Å². The molecule has 0 saturated carbocycles. The summed E-state index contributed by atoms with van der Waals surface area (Å²) >= 11 is 1.77. The van der Waals surface area contributed by atoms with Gasteiger partial charge in [-0.15, -0.1) is 0 Å². The maximum absolute atomic E-state index is 11.3. The van der Waals surface area contributed by atoms with Gasteiger partial charge in [0, 0.05) is 5.75 Å². The highest BCUT2D eigenvalue weighted by Crippen LogP contribution is 2.14. The molecule has 1 rings (SSSR count). The Kier molecular flexibility index (Phi) is 6.00. The van der Waals surface area contributed by atoms with Crippen LogP contribution in [-0.2, 0) is 10.5 Å². The van der Waals surface area contributed by atoms with Crippen molar-refractivity contribution in [2.45, 2.75) is 12.7 Å². The van der Waals surface area contributed by atoms with E-state index in [1.54, 1.807) is 17.8 Å². The Morgan fingerprint density at radius 2 is 2.35 bits per heavy atom. The van der Waals surface area contributed by atoms with Crippen molar-refractivity contribution in [1.29, 1.82) is 0 Å². The molecule has 0 spiro atoms. The Hall–Kier alpha value is -1.07. The molecule has 1 atom stereocenters. The van der Waals surface area contributed by atoms with Crippen LogP contribution in [0.25, 0.3) is 0 Å². The first-order valence-corrected chi connectivity index (χ1v) is 6.65. The van der Waals surface area contributed by atoms with Crippen LogP contribution in [0.2, 0.25) is 0 Å². The van der Waals surface area contributed by atoms with Crippen LogP contribution in [0.5, 0.6) is 0 Å². The third-order valence-corrected chi connectivity index (χ3v) is 3.56. The molecular weight excluding hydrogens is 236 g/mol. The Morgan fingerprint density at radius 3 is 3.00 bits per heavy atom. The van der Waals surface area contributed by atoms with Crippen molar-refractivity contribution in [1.82, 2.24) is 4.98 Å². The van der Waals surface area contributed by atoms with Gasteiger partial charge < -0.3 is 10.5 Å². The lowest BCUT2D eigenvalue weighted by Gasteiger charge is -2.07. The largest absolute Gasteiger partial charge is 0.464 e. The minimum atomic E-state index is -0.396. The lowest BCUT2D eigenvalue weighted by Crippen LogP contribution is -2.13. The molecule has 0 fully saturated rings. The van der Waals surface area contributed by atoms with Gasteiger partial charge in [0.25, 0.3) is 0 Å². The SMILES string of the molecule is COC(=O)c1cccc(CSCC(C)CN)n1. The number of hydrogen-bond acceptors (Lipinski definition) is 5. The highest BCUT2D eigenvalue weighted by Gasteiger charge is 2.07. The number of rotatable bonds is 6. The Balaban J connectivity index is 2.51. The molecule has 0 saturated heterocycles. The molecule has 1 aromatic heterocycles. The molecule has 0 aliphatic rings. The molecule has 0 aliphatic heterocycles. The van der Waals surface area contributed by atoms with E-state index in [4.69, 9.17) is 5.73 Å². The summed E-state index contributed by atoms with van der Waals surface area (Å²) in [4.78, 5) is 15.5. The molecule has 5 heteroatoms. The zero-order valence-electron chi connectivity index (χ0n) is 10.2. The second-order valence-electron chi connectivity index (χ2n) is 3.86. The van der Waals surface area contributed by atoms with E-state index in [0.29, 0.717) is 18.2 Å². The number of ether oxygens (including phenoxy) is 1. The van der Waals surface area contributed by atoms with Crippen LogP contribution >= 0.6 is 11.8 Å². The number of methoxy groups -OCH3 is 1. The standard InChI is InChI=1S/C12H18N2O2S/c1-9(6-13)7-17-8-10-4-3-5-11(14-10)12(15)16-2/h3-5,9H,6-8,13H2,1-2H3. The Bertz CT molecular complexity index is 371. The molecule has 1 heterocycles. The zero-order chi connectivity index (χ0) is 12.7. The molecule has 0 radical (unpaired) electrons. The Morgan fingerprint density at radius 1 is 1.59 bits per heavy atom. The number of thioether (sulfide) groups is 1.